The highest BCUT2D eigenvalue weighted by Gasteiger charge is 2.23. The quantitative estimate of drug-likeness (QED) is 0.741. The van der Waals surface area contributed by atoms with Crippen molar-refractivity contribution in [1.29, 1.82) is 0 Å². The summed E-state index contributed by atoms with van der Waals surface area (Å²) < 4.78 is 0. The van der Waals surface area contributed by atoms with Crippen LogP contribution in [0.4, 0.5) is 0 Å². The van der Waals surface area contributed by atoms with Crippen LogP contribution in [-0.4, -0.2) is 49.1 Å². The van der Waals surface area contributed by atoms with Gasteiger partial charge in [-0.2, -0.15) is 0 Å². The van der Waals surface area contributed by atoms with Crippen LogP contribution in [0.15, 0.2) is 0 Å². The summed E-state index contributed by atoms with van der Waals surface area (Å²) in [6.07, 6.45) is 8.46. The maximum atomic E-state index is 2.73. The van der Waals surface area contributed by atoms with Gasteiger partial charge >= 0.3 is 0 Å². The lowest BCUT2D eigenvalue weighted by atomic mass is 9.93. The van der Waals surface area contributed by atoms with Crippen LogP contribution >= 0.6 is 0 Å². The Morgan fingerprint density at radius 3 is 2.11 bits per heavy atom. The van der Waals surface area contributed by atoms with Gasteiger partial charge in [0.25, 0.3) is 0 Å². The molecule has 2 heterocycles. The Balaban J connectivity index is 1.61. The molecule has 0 unspecified atom stereocenters. The van der Waals surface area contributed by atoms with Crippen molar-refractivity contribution in [2.24, 2.45) is 11.8 Å². The Morgan fingerprint density at radius 1 is 0.889 bits per heavy atom. The van der Waals surface area contributed by atoms with Gasteiger partial charge in [0.2, 0.25) is 0 Å². The molecule has 0 bridgehead atoms. The highest BCUT2D eigenvalue weighted by molar-refractivity contribution is 4.77. The van der Waals surface area contributed by atoms with Gasteiger partial charge in [0, 0.05) is 6.54 Å². The van der Waals surface area contributed by atoms with E-state index in [2.05, 4.69) is 23.6 Å². The molecule has 2 nitrogen and oxygen atoms in total. The second kappa shape index (κ2) is 7.49. The first-order valence-corrected chi connectivity index (χ1v) is 8.22. The van der Waals surface area contributed by atoms with Crippen LogP contribution in [0, 0.1) is 11.8 Å². The number of nitrogens with zero attached hydrogens (tertiary/aromatic N) is 2. The maximum absolute atomic E-state index is 2.73. The second-order valence-corrected chi connectivity index (χ2v) is 6.62. The molecule has 2 saturated heterocycles. The van der Waals surface area contributed by atoms with E-state index in [9.17, 15) is 0 Å². The molecule has 0 radical (unpaired) electrons. The van der Waals surface area contributed by atoms with E-state index in [1.54, 1.807) is 0 Å². The van der Waals surface area contributed by atoms with E-state index in [1.807, 2.05) is 0 Å². The Bertz CT molecular complexity index is 213. The lowest BCUT2D eigenvalue weighted by Gasteiger charge is -2.37. The fourth-order valence-electron chi connectivity index (χ4n) is 3.38. The van der Waals surface area contributed by atoms with E-state index in [0.29, 0.717) is 0 Å². The molecule has 0 aromatic heterocycles. The van der Waals surface area contributed by atoms with Gasteiger partial charge in [0.1, 0.15) is 0 Å². The van der Waals surface area contributed by atoms with Gasteiger partial charge in [-0.05, 0) is 76.7 Å². The molecule has 18 heavy (non-hydrogen) atoms. The maximum Gasteiger partial charge on any atom is 0.00106 e. The molecule has 0 aromatic rings. The van der Waals surface area contributed by atoms with Gasteiger partial charge in [-0.1, -0.05) is 20.3 Å². The number of unbranched alkanes of at least 4 members (excludes halogenated alkanes) is 1. The minimum atomic E-state index is 0.970. The third-order valence-corrected chi connectivity index (χ3v) is 4.93. The van der Waals surface area contributed by atoms with E-state index in [0.717, 1.165) is 11.8 Å². The summed E-state index contributed by atoms with van der Waals surface area (Å²) in [4.78, 5) is 5.41. The predicted molar refractivity (Wildman–Crippen MR) is 78.9 cm³/mol. The number of likely N-dealkylation sites (tertiary alicyclic amines) is 2. The number of rotatable bonds is 5. The Kier molecular flexibility index (Phi) is 5.97. The lowest BCUT2D eigenvalue weighted by Crippen LogP contribution is -2.41. The first-order valence-electron chi connectivity index (χ1n) is 8.22. The fraction of sp³-hybridized carbons (Fsp3) is 1.00. The zero-order chi connectivity index (χ0) is 12.8. The Labute approximate surface area is 114 Å². The summed E-state index contributed by atoms with van der Waals surface area (Å²) in [7, 11) is 0. The summed E-state index contributed by atoms with van der Waals surface area (Å²) in [5, 5.41) is 0. The molecule has 2 aliphatic heterocycles. The minimum Gasteiger partial charge on any atom is -0.303 e. The smallest absolute Gasteiger partial charge is 0.00106 e. The van der Waals surface area contributed by atoms with Crippen molar-refractivity contribution in [3.8, 4) is 0 Å². The highest BCUT2D eigenvalue weighted by Crippen LogP contribution is 2.22. The minimum absolute atomic E-state index is 0.970. The third-order valence-electron chi connectivity index (χ3n) is 4.93. The number of piperidine rings is 2. The molecule has 0 amide bonds. The molecule has 0 saturated carbocycles. The molecule has 2 rings (SSSR count). The van der Waals surface area contributed by atoms with Crippen LogP contribution in [0.1, 0.15) is 52.4 Å². The van der Waals surface area contributed by atoms with Crippen LogP contribution in [-0.2, 0) is 0 Å². The van der Waals surface area contributed by atoms with Gasteiger partial charge in [0.05, 0.1) is 0 Å². The van der Waals surface area contributed by atoms with Gasteiger partial charge in [-0.15, -0.1) is 0 Å². The predicted octanol–water partition coefficient (Wildman–Crippen LogP) is 3.23. The molecule has 0 N–H and O–H groups in total. The van der Waals surface area contributed by atoms with E-state index in [4.69, 9.17) is 0 Å². The number of hydrogen-bond acceptors (Lipinski definition) is 2. The molecular weight excluding hydrogens is 220 g/mol. The lowest BCUT2D eigenvalue weighted by molar-refractivity contribution is 0.120. The topological polar surface area (TPSA) is 6.48 Å². The summed E-state index contributed by atoms with van der Waals surface area (Å²) in [6, 6.07) is 0. The summed E-state index contributed by atoms with van der Waals surface area (Å²) in [6.45, 7) is 12.9. The van der Waals surface area contributed by atoms with Crippen LogP contribution in [0.25, 0.3) is 0 Å². The monoisotopic (exact) mass is 252 g/mol. The van der Waals surface area contributed by atoms with Crippen molar-refractivity contribution < 1.29 is 0 Å². The van der Waals surface area contributed by atoms with Crippen molar-refractivity contribution in [2.45, 2.75) is 52.4 Å². The average molecular weight is 252 g/mol. The molecule has 0 atom stereocenters. The van der Waals surface area contributed by atoms with Crippen molar-refractivity contribution in [1.82, 2.24) is 9.80 Å². The second-order valence-electron chi connectivity index (χ2n) is 6.62. The van der Waals surface area contributed by atoms with Gasteiger partial charge in [-0.3, -0.25) is 0 Å². The highest BCUT2D eigenvalue weighted by atomic mass is 15.1. The molecule has 0 aromatic carbocycles. The average Bonchev–Trinajstić information content (AvgIpc) is 2.41. The van der Waals surface area contributed by atoms with Crippen LogP contribution in [0.2, 0.25) is 0 Å². The molecule has 2 heteroatoms. The van der Waals surface area contributed by atoms with Crippen molar-refractivity contribution >= 4 is 0 Å². The largest absolute Gasteiger partial charge is 0.303 e. The van der Waals surface area contributed by atoms with Crippen molar-refractivity contribution in [2.75, 3.05) is 39.3 Å². The Morgan fingerprint density at radius 2 is 1.50 bits per heavy atom. The summed E-state index contributed by atoms with van der Waals surface area (Å²) in [5.41, 5.74) is 0. The standard InChI is InChI=1S/C16H32N2/c1-3-4-9-17-12-7-16(8-13-17)14-18-10-5-15(2)6-11-18/h15-16H,3-14H2,1-2H3. The fourth-order valence-corrected chi connectivity index (χ4v) is 3.38. The summed E-state index contributed by atoms with van der Waals surface area (Å²) >= 11 is 0. The molecule has 2 aliphatic rings. The molecule has 2 fully saturated rings. The van der Waals surface area contributed by atoms with Crippen LogP contribution < -0.4 is 0 Å². The molecule has 0 aliphatic carbocycles. The van der Waals surface area contributed by atoms with Gasteiger partial charge in [-0.25, -0.2) is 0 Å². The first-order chi connectivity index (χ1) is 8.78. The van der Waals surface area contributed by atoms with Gasteiger partial charge in [0.15, 0.2) is 0 Å². The van der Waals surface area contributed by atoms with E-state index in [1.165, 1.54) is 77.8 Å². The summed E-state index contributed by atoms with van der Waals surface area (Å²) in [5.74, 6) is 1.95. The van der Waals surface area contributed by atoms with Gasteiger partial charge < -0.3 is 9.80 Å². The zero-order valence-corrected chi connectivity index (χ0v) is 12.5. The normalized spacial score (nSPS) is 25.7. The zero-order valence-electron chi connectivity index (χ0n) is 12.5. The SMILES string of the molecule is CCCCN1CCC(CN2CCC(C)CC2)CC1. The van der Waals surface area contributed by atoms with Crippen molar-refractivity contribution in [3.63, 3.8) is 0 Å². The van der Waals surface area contributed by atoms with E-state index < -0.39 is 0 Å². The van der Waals surface area contributed by atoms with E-state index in [-0.39, 0.29) is 0 Å². The first kappa shape index (κ1) is 14.3. The molecule has 0 spiro atoms. The number of hydrogen-bond donors (Lipinski definition) is 0. The third kappa shape index (κ3) is 4.55. The van der Waals surface area contributed by atoms with Crippen LogP contribution in [0.3, 0.4) is 0 Å². The van der Waals surface area contributed by atoms with E-state index >= 15 is 0 Å². The van der Waals surface area contributed by atoms with Crippen LogP contribution in [0.5, 0.6) is 0 Å². The molecule has 106 valence electrons. The molecular formula is C16H32N2. The van der Waals surface area contributed by atoms with Crippen molar-refractivity contribution in [3.05, 3.63) is 0 Å². The Hall–Kier alpha value is -0.0800.